The van der Waals surface area contributed by atoms with Gasteiger partial charge in [-0.25, -0.2) is 4.98 Å². The first-order valence-electron chi connectivity index (χ1n) is 12.4. The maximum Gasteiger partial charge on any atom is 0.185 e. The third-order valence-corrected chi connectivity index (χ3v) is 7.82. The number of fused-ring (bicyclic) bond motifs is 1. The molecule has 6 nitrogen and oxygen atoms in total. The fourth-order valence-electron chi connectivity index (χ4n) is 4.83. The number of H-pyrrole nitrogens is 1. The van der Waals surface area contributed by atoms with E-state index < -0.39 is 0 Å². The number of rotatable bonds is 9. The predicted octanol–water partition coefficient (Wildman–Crippen LogP) is 4.88. The number of hydrogen-bond donors (Lipinski definition) is 2. The van der Waals surface area contributed by atoms with E-state index >= 15 is 0 Å². The number of aromatic nitrogens is 2. The molecule has 1 fully saturated rings. The lowest BCUT2D eigenvalue weighted by Gasteiger charge is -2.34. The first-order chi connectivity index (χ1) is 17.2. The van der Waals surface area contributed by atoms with Crippen LogP contribution in [0.15, 0.2) is 60.1 Å². The average Bonchev–Trinajstić information content (AvgIpc) is 3.55. The minimum atomic E-state index is -0.0627. The fraction of sp³-hybridized carbons (Fsp3) is 0.357. The summed E-state index contributed by atoms with van der Waals surface area (Å²) >= 11 is 1.71. The number of anilines is 1. The van der Waals surface area contributed by atoms with Gasteiger partial charge in [0.25, 0.3) is 0 Å². The predicted molar refractivity (Wildman–Crippen MR) is 144 cm³/mol. The van der Waals surface area contributed by atoms with Gasteiger partial charge in [-0.05, 0) is 61.6 Å². The molecule has 7 heteroatoms. The minimum absolute atomic E-state index is 0.0627. The molecular weight excluding hydrogens is 452 g/mol. The molecule has 2 aromatic carbocycles. The van der Waals surface area contributed by atoms with E-state index in [-0.39, 0.29) is 6.04 Å². The topological polar surface area (TPSA) is 85.0 Å². The normalized spacial score (nSPS) is 15.4. The molecule has 0 saturated carbocycles. The van der Waals surface area contributed by atoms with Crippen LogP contribution in [0.2, 0.25) is 0 Å². The molecule has 3 N–H and O–H groups in total. The van der Waals surface area contributed by atoms with E-state index in [0.29, 0.717) is 0 Å². The van der Waals surface area contributed by atoms with Crippen molar-refractivity contribution in [1.82, 2.24) is 14.9 Å². The van der Waals surface area contributed by atoms with Gasteiger partial charge in [0.05, 0.1) is 23.4 Å². The van der Waals surface area contributed by atoms with Gasteiger partial charge in [0, 0.05) is 48.7 Å². The molecule has 3 heterocycles. The fourth-order valence-corrected chi connectivity index (χ4v) is 5.78. The summed E-state index contributed by atoms with van der Waals surface area (Å²) in [4.78, 5) is 13.2. The van der Waals surface area contributed by atoms with Crippen molar-refractivity contribution < 1.29 is 0 Å². The van der Waals surface area contributed by atoms with E-state index in [1.807, 2.05) is 24.3 Å². The van der Waals surface area contributed by atoms with E-state index in [9.17, 15) is 5.26 Å². The number of nitrogens with one attached hydrogen (secondary N) is 1. The molecule has 0 bridgehead atoms. The SMILES string of the molecule is N#Cc1ccc2[nH]cc(CCCCN3CCN(c4nc(C(N)Cc5ccccc5)cs4)CC3)c2c1. The van der Waals surface area contributed by atoms with Crippen molar-refractivity contribution in [2.45, 2.75) is 31.7 Å². The highest BCUT2D eigenvalue weighted by Crippen LogP contribution is 2.26. The van der Waals surface area contributed by atoms with Crippen LogP contribution < -0.4 is 10.6 Å². The molecule has 1 unspecified atom stereocenters. The van der Waals surface area contributed by atoms with Crippen molar-refractivity contribution >= 4 is 27.4 Å². The number of aryl methyl sites for hydroxylation is 1. The Kier molecular flexibility index (Phi) is 7.43. The highest BCUT2D eigenvalue weighted by Gasteiger charge is 2.20. The van der Waals surface area contributed by atoms with Crippen LogP contribution in [0.1, 0.15) is 41.3 Å². The van der Waals surface area contributed by atoms with Gasteiger partial charge >= 0.3 is 0 Å². The highest BCUT2D eigenvalue weighted by molar-refractivity contribution is 7.13. The zero-order valence-corrected chi connectivity index (χ0v) is 20.8. The summed E-state index contributed by atoms with van der Waals surface area (Å²) in [6, 6.07) is 18.4. The lowest BCUT2D eigenvalue weighted by atomic mass is 10.1. The summed E-state index contributed by atoms with van der Waals surface area (Å²) in [5.41, 5.74) is 11.8. The van der Waals surface area contributed by atoms with Gasteiger partial charge in [0.2, 0.25) is 0 Å². The zero-order chi connectivity index (χ0) is 24.0. The van der Waals surface area contributed by atoms with Crippen LogP contribution in [-0.2, 0) is 12.8 Å². The molecule has 0 aliphatic carbocycles. The van der Waals surface area contributed by atoms with E-state index in [0.717, 1.165) is 73.9 Å². The van der Waals surface area contributed by atoms with Crippen LogP contribution in [0.5, 0.6) is 0 Å². The summed E-state index contributed by atoms with van der Waals surface area (Å²) < 4.78 is 0. The Balaban J connectivity index is 1.05. The zero-order valence-electron chi connectivity index (χ0n) is 20.0. The van der Waals surface area contributed by atoms with Gasteiger partial charge in [-0.1, -0.05) is 30.3 Å². The Labute approximate surface area is 211 Å². The Hall–Kier alpha value is -3.18. The van der Waals surface area contributed by atoms with Crippen molar-refractivity contribution in [1.29, 1.82) is 5.26 Å². The molecule has 0 radical (unpaired) electrons. The van der Waals surface area contributed by atoms with Crippen LogP contribution in [0, 0.1) is 11.3 Å². The molecule has 0 spiro atoms. The molecule has 1 aliphatic heterocycles. The monoisotopic (exact) mass is 484 g/mol. The molecule has 5 rings (SSSR count). The summed E-state index contributed by atoms with van der Waals surface area (Å²) in [7, 11) is 0. The summed E-state index contributed by atoms with van der Waals surface area (Å²) in [6.45, 7) is 5.30. The molecule has 180 valence electrons. The van der Waals surface area contributed by atoms with Crippen molar-refractivity contribution in [3.05, 3.63) is 82.5 Å². The molecule has 1 atom stereocenters. The van der Waals surface area contributed by atoms with Gasteiger partial charge in [-0.2, -0.15) is 5.26 Å². The summed E-state index contributed by atoms with van der Waals surface area (Å²) in [6.07, 6.45) is 6.29. The largest absolute Gasteiger partial charge is 0.361 e. The van der Waals surface area contributed by atoms with Crippen LogP contribution in [0.3, 0.4) is 0 Å². The van der Waals surface area contributed by atoms with Gasteiger partial charge in [-0.3, -0.25) is 4.90 Å². The van der Waals surface area contributed by atoms with Gasteiger partial charge < -0.3 is 15.6 Å². The van der Waals surface area contributed by atoms with Crippen LogP contribution in [0.4, 0.5) is 5.13 Å². The van der Waals surface area contributed by atoms with Crippen LogP contribution >= 0.6 is 11.3 Å². The van der Waals surface area contributed by atoms with Crippen molar-refractivity contribution in [3.8, 4) is 6.07 Å². The molecule has 4 aromatic rings. The van der Waals surface area contributed by atoms with Crippen LogP contribution in [-0.4, -0.2) is 47.6 Å². The summed E-state index contributed by atoms with van der Waals surface area (Å²) in [5, 5.41) is 13.6. The maximum absolute atomic E-state index is 9.18. The number of aromatic amines is 1. The van der Waals surface area contributed by atoms with Crippen molar-refractivity contribution in [2.24, 2.45) is 5.73 Å². The quantitative estimate of drug-likeness (QED) is 0.331. The second-order valence-electron chi connectivity index (χ2n) is 9.32. The first-order valence-corrected chi connectivity index (χ1v) is 13.3. The molecule has 35 heavy (non-hydrogen) atoms. The number of nitriles is 1. The highest BCUT2D eigenvalue weighted by atomic mass is 32.1. The number of nitrogens with zero attached hydrogens (tertiary/aromatic N) is 4. The smallest absolute Gasteiger partial charge is 0.185 e. The third-order valence-electron chi connectivity index (χ3n) is 6.90. The Bertz CT molecular complexity index is 1280. The van der Waals surface area contributed by atoms with E-state index in [4.69, 9.17) is 10.7 Å². The Morgan fingerprint density at radius 1 is 1.09 bits per heavy atom. The third kappa shape index (κ3) is 5.73. The molecule has 1 saturated heterocycles. The second-order valence-corrected chi connectivity index (χ2v) is 10.2. The number of piperazine rings is 1. The molecule has 0 amide bonds. The lowest BCUT2D eigenvalue weighted by molar-refractivity contribution is 0.253. The number of benzene rings is 2. The molecular formula is C28H32N6S. The van der Waals surface area contributed by atoms with Gasteiger partial charge in [0.15, 0.2) is 5.13 Å². The number of thiazole rings is 1. The second kappa shape index (κ2) is 11.0. The van der Waals surface area contributed by atoms with E-state index in [1.54, 1.807) is 11.3 Å². The standard InChI is InChI=1S/C28H32N6S/c29-18-22-9-10-26-24(16-22)23(19-31-26)8-4-5-11-33-12-14-34(15-13-33)28-32-27(20-35-28)25(30)17-21-6-2-1-3-7-21/h1-3,6-7,9-10,16,19-20,25,31H,4-5,8,11-15,17,30H2. The van der Waals surface area contributed by atoms with Crippen LogP contribution in [0.25, 0.3) is 10.9 Å². The Morgan fingerprint density at radius 2 is 1.91 bits per heavy atom. The average molecular weight is 485 g/mol. The van der Waals surface area contributed by atoms with Crippen molar-refractivity contribution in [3.63, 3.8) is 0 Å². The Morgan fingerprint density at radius 3 is 2.71 bits per heavy atom. The minimum Gasteiger partial charge on any atom is -0.361 e. The molecule has 2 aromatic heterocycles. The number of hydrogen-bond acceptors (Lipinski definition) is 6. The van der Waals surface area contributed by atoms with Gasteiger partial charge in [-0.15, -0.1) is 11.3 Å². The first kappa shape index (κ1) is 23.6. The van der Waals surface area contributed by atoms with Gasteiger partial charge in [0.1, 0.15) is 0 Å². The number of unbranched alkanes of at least 4 members (excludes halogenated alkanes) is 1. The summed E-state index contributed by atoms with van der Waals surface area (Å²) in [5.74, 6) is 0. The van der Waals surface area contributed by atoms with E-state index in [1.165, 1.54) is 22.9 Å². The molecule has 1 aliphatic rings. The van der Waals surface area contributed by atoms with Crippen molar-refractivity contribution in [2.75, 3.05) is 37.6 Å². The number of nitrogens with two attached hydrogens (primary N) is 1. The van der Waals surface area contributed by atoms with E-state index in [2.05, 4.69) is 56.7 Å². The maximum atomic E-state index is 9.18. The lowest BCUT2D eigenvalue weighted by Crippen LogP contribution is -2.46.